The lowest BCUT2D eigenvalue weighted by molar-refractivity contribution is 0.669. The summed E-state index contributed by atoms with van der Waals surface area (Å²) in [6.45, 7) is 0. The molecule has 0 saturated carbocycles. The second-order valence-electron chi connectivity index (χ2n) is 10.9. The van der Waals surface area contributed by atoms with Gasteiger partial charge in [-0.05, 0) is 59.5 Å². The van der Waals surface area contributed by atoms with Crippen LogP contribution in [0.4, 0.5) is 17.1 Å². The fourth-order valence-electron chi connectivity index (χ4n) is 6.51. The second-order valence-corrected chi connectivity index (χ2v) is 10.9. The molecule has 0 radical (unpaired) electrons. The highest BCUT2D eigenvalue weighted by Gasteiger charge is 2.23. The van der Waals surface area contributed by atoms with E-state index >= 15 is 0 Å². The van der Waals surface area contributed by atoms with Gasteiger partial charge >= 0.3 is 0 Å². The van der Waals surface area contributed by atoms with Crippen molar-refractivity contribution in [3.63, 3.8) is 0 Å². The van der Waals surface area contributed by atoms with E-state index in [1.165, 1.54) is 5.39 Å². The van der Waals surface area contributed by atoms with Gasteiger partial charge in [-0.3, -0.25) is 0 Å². The minimum atomic E-state index is 0.862. The van der Waals surface area contributed by atoms with Crippen LogP contribution in [-0.4, -0.2) is 0 Å². The molecule has 0 aliphatic heterocycles. The summed E-state index contributed by atoms with van der Waals surface area (Å²) in [5.41, 5.74) is 9.04. The van der Waals surface area contributed by atoms with Crippen molar-refractivity contribution in [2.75, 3.05) is 4.90 Å². The quantitative estimate of drug-likeness (QED) is 0.218. The Kier molecular flexibility index (Phi) is 5.20. The van der Waals surface area contributed by atoms with Gasteiger partial charge in [-0.2, -0.15) is 0 Å². The van der Waals surface area contributed by atoms with Gasteiger partial charge in [0.05, 0.1) is 16.8 Å². The van der Waals surface area contributed by atoms with Crippen LogP contribution in [0.3, 0.4) is 0 Å². The van der Waals surface area contributed by atoms with Gasteiger partial charge in [-0.1, -0.05) is 103 Å². The number of hydrogen-bond acceptors (Lipinski definition) is 3. The maximum absolute atomic E-state index is 6.62. The summed E-state index contributed by atoms with van der Waals surface area (Å²) in [7, 11) is 0. The topological polar surface area (TPSA) is 29.5 Å². The molecule has 0 spiro atoms. The second kappa shape index (κ2) is 9.37. The lowest BCUT2D eigenvalue weighted by Gasteiger charge is -2.28. The molecule has 0 N–H and O–H groups in total. The Labute approximate surface area is 247 Å². The molecule has 2 heterocycles. The summed E-state index contributed by atoms with van der Waals surface area (Å²) in [5, 5.41) is 6.66. The number of benzene rings is 7. The first-order valence-corrected chi connectivity index (χ1v) is 14.5. The normalized spacial score (nSPS) is 11.7. The fourth-order valence-corrected chi connectivity index (χ4v) is 6.51. The Morgan fingerprint density at radius 2 is 1.14 bits per heavy atom. The van der Waals surface area contributed by atoms with Crippen molar-refractivity contribution in [1.29, 1.82) is 0 Å². The standard InChI is InChI=1S/C40H25NO2/c1-2-11-26(12-3-1)29-14-6-8-17-34(29)41(28-22-24-37-33(25-28)31-16-7-9-19-36(31)42-37)35-18-10-20-38-39(35)32-23-21-27-13-4-5-15-30(27)40(32)43-38/h1-25H. The van der Waals surface area contributed by atoms with Crippen LogP contribution in [0.25, 0.3) is 65.8 Å². The van der Waals surface area contributed by atoms with Gasteiger partial charge < -0.3 is 13.7 Å². The van der Waals surface area contributed by atoms with E-state index in [0.29, 0.717) is 0 Å². The average molecular weight is 552 g/mol. The SMILES string of the molecule is c1ccc(-c2ccccc2N(c2ccc3oc4ccccc4c3c2)c2cccc3oc4c5ccccc5ccc4c23)cc1. The highest BCUT2D eigenvalue weighted by Crippen LogP contribution is 2.47. The maximum Gasteiger partial charge on any atom is 0.143 e. The Balaban J connectivity index is 1.38. The molecule has 9 rings (SSSR count). The van der Waals surface area contributed by atoms with E-state index in [4.69, 9.17) is 8.83 Å². The molecule has 0 atom stereocenters. The minimum Gasteiger partial charge on any atom is -0.456 e. The Bertz CT molecular complexity index is 2470. The molecule has 0 fully saturated rings. The first-order chi connectivity index (χ1) is 21.3. The van der Waals surface area contributed by atoms with Gasteiger partial charge in [0.1, 0.15) is 22.3 Å². The monoisotopic (exact) mass is 551 g/mol. The molecule has 3 heteroatoms. The predicted molar refractivity (Wildman–Crippen MR) is 179 cm³/mol. The smallest absolute Gasteiger partial charge is 0.143 e. The van der Waals surface area contributed by atoms with Gasteiger partial charge in [0.15, 0.2) is 0 Å². The van der Waals surface area contributed by atoms with Crippen LogP contribution in [0, 0.1) is 0 Å². The van der Waals surface area contributed by atoms with Crippen LogP contribution in [0.2, 0.25) is 0 Å². The summed E-state index contributed by atoms with van der Waals surface area (Å²) in [6.07, 6.45) is 0. The Morgan fingerprint density at radius 3 is 2.07 bits per heavy atom. The minimum absolute atomic E-state index is 0.862. The van der Waals surface area contributed by atoms with E-state index in [1.807, 2.05) is 12.1 Å². The third kappa shape index (κ3) is 3.68. The van der Waals surface area contributed by atoms with Crippen molar-refractivity contribution >= 4 is 71.7 Å². The van der Waals surface area contributed by atoms with E-state index < -0.39 is 0 Å². The van der Waals surface area contributed by atoms with Gasteiger partial charge in [0.25, 0.3) is 0 Å². The van der Waals surface area contributed by atoms with Gasteiger partial charge in [0.2, 0.25) is 0 Å². The van der Waals surface area contributed by atoms with E-state index in [2.05, 4.69) is 144 Å². The van der Waals surface area contributed by atoms with Gasteiger partial charge in [-0.25, -0.2) is 0 Å². The number of rotatable bonds is 4. The van der Waals surface area contributed by atoms with E-state index in [0.717, 1.165) is 77.5 Å². The first kappa shape index (κ1) is 23.9. The molecule has 2 aromatic heterocycles. The molecular weight excluding hydrogens is 526 g/mol. The van der Waals surface area contributed by atoms with Crippen LogP contribution in [0.1, 0.15) is 0 Å². The predicted octanol–water partition coefficient (Wildman–Crippen LogP) is 11.8. The molecule has 0 saturated heterocycles. The summed E-state index contributed by atoms with van der Waals surface area (Å²) in [4.78, 5) is 2.37. The number of nitrogens with zero attached hydrogens (tertiary/aromatic N) is 1. The molecule has 0 unspecified atom stereocenters. The zero-order chi connectivity index (χ0) is 28.3. The van der Waals surface area contributed by atoms with Crippen molar-refractivity contribution in [1.82, 2.24) is 0 Å². The summed E-state index contributed by atoms with van der Waals surface area (Å²) >= 11 is 0. The number of para-hydroxylation sites is 2. The van der Waals surface area contributed by atoms with Crippen molar-refractivity contribution in [3.05, 3.63) is 152 Å². The number of furan rings is 2. The maximum atomic E-state index is 6.62. The lowest BCUT2D eigenvalue weighted by Crippen LogP contribution is -2.11. The highest BCUT2D eigenvalue weighted by atomic mass is 16.3. The number of fused-ring (bicyclic) bond motifs is 8. The molecule has 0 aliphatic carbocycles. The van der Waals surface area contributed by atoms with Crippen LogP contribution in [0.5, 0.6) is 0 Å². The van der Waals surface area contributed by atoms with Crippen molar-refractivity contribution < 1.29 is 8.83 Å². The first-order valence-electron chi connectivity index (χ1n) is 14.5. The Hall–Kier alpha value is -5.80. The van der Waals surface area contributed by atoms with Gasteiger partial charge in [-0.15, -0.1) is 0 Å². The lowest BCUT2D eigenvalue weighted by atomic mass is 10.00. The molecule has 7 aromatic carbocycles. The molecule has 9 aromatic rings. The summed E-state index contributed by atoms with van der Waals surface area (Å²) in [6, 6.07) is 53.1. The zero-order valence-corrected chi connectivity index (χ0v) is 23.2. The molecule has 43 heavy (non-hydrogen) atoms. The zero-order valence-electron chi connectivity index (χ0n) is 23.2. The number of hydrogen-bond donors (Lipinski definition) is 0. The molecule has 0 aliphatic rings. The number of anilines is 3. The molecule has 3 nitrogen and oxygen atoms in total. The van der Waals surface area contributed by atoms with Crippen molar-refractivity contribution in [2.24, 2.45) is 0 Å². The van der Waals surface area contributed by atoms with Crippen molar-refractivity contribution in [2.45, 2.75) is 0 Å². The van der Waals surface area contributed by atoms with E-state index in [9.17, 15) is 0 Å². The highest BCUT2D eigenvalue weighted by molar-refractivity contribution is 6.20. The van der Waals surface area contributed by atoms with Crippen LogP contribution >= 0.6 is 0 Å². The van der Waals surface area contributed by atoms with Crippen LogP contribution in [0.15, 0.2) is 160 Å². The molecule has 0 amide bonds. The third-order valence-electron chi connectivity index (χ3n) is 8.45. The van der Waals surface area contributed by atoms with E-state index in [1.54, 1.807) is 0 Å². The van der Waals surface area contributed by atoms with Crippen molar-refractivity contribution in [3.8, 4) is 11.1 Å². The summed E-state index contributed by atoms with van der Waals surface area (Å²) < 4.78 is 12.8. The van der Waals surface area contributed by atoms with Gasteiger partial charge in [0, 0.05) is 32.8 Å². The molecule has 0 bridgehead atoms. The molecular formula is C40H25NO2. The third-order valence-corrected chi connectivity index (χ3v) is 8.45. The average Bonchev–Trinajstić information content (AvgIpc) is 3.64. The van der Waals surface area contributed by atoms with Crippen LogP contribution in [-0.2, 0) is 0 Å². The van der Waals surface area contributed by atoms with Crippen LogP contribution < -0.4 is 4.90 Å². The van der Waals surface area contributed by atoms with E-state index in [-0.39, 0.29) is 0 Å². The summed E-state index contributed by atoms with van der Waals surface area (Å²) in [5.74, 6) is 0. The molecule has 202 valence electrons. The largest absolute Gasteiger partial charge is 0.456 e. The fraction of sp³-hybridized carbons (Fsp3) is 0. The Morgan fingerprint density at radius 1 is 0.419 bits per heavy atom.